The molecule has 3 aromatic rings. The van der Waals surface area contributed by atoms with Crippen molar-refractivity contribution < 1.29 is 27.2 Å². The smallest absolute Gasteiger partial charge is 0.339 e. The number of rotatable bonds is 8. The molecule has 0 aliphatic rings. The number of nitrogens with one attached hydrogen (secondary N) is 1. The molecule has 0 saturated carbocycles. The lowest BCUT2D eigenvalue weighted by Crippen LogP contribution is -2.17. The van der Waals surface area contributed by atoms with Crippen LogP contribution in [0.15, 0.2) is 81.2 Å². The van der Waals surface area contributed by atoms with Gasteiger partial charge in [-0.3, -0.25) is 25.0 Å². The molecule has 34 heavy (non-hydrogen) atoms. The number of nitrogens with zero attached hydrogens (tertiary/aromatic N) is 3. The van der Waals surface area contributed by atoms with Crippen LogP contribution in [0, 0.1) is 20.2 Å². The largest absolute Gasteiger partial charge is 0.378 e. The highest BCUT2D eigenvalue weighted by molar-refractivity contribution is 9.10. The van der Waals surface area contributed by atoms with E-state index in [9.17, 15) is 33.4 Å². The molecule has 0 unspecified atom stereocenters. The van der Waals surface area contributed by atoms with Crippen LogP contribution in [-0.4, -0.2) is 30.4 Å². The Morgan fingerprint density at radius 2 is 1.50 bits per heavy atom. The van der Waals surface area contributed by atoms with Gasteiger partial charge in [0.1, 0.15) is 4.90 Å². The quantitative estimate of drug-likeness (QED) is 0.191. The zero-order valence-electron chi connectivity index (χ0n) is 16.8. The third-order valence-corrected chi connectivity index (χ3v) is 5.96. The van der Waals surface area contributed by atoms with Crippen molar-refractivity contribution in [2.45, 2.75) is 4.90 Å². The van der Waals surface area contributed by atoms with Crippen LogP contribution in [0.3, 0.4) is 0 Å². The van der Waals surface area contributed by atoms with Crippen molar-refractivity contribution in [3.8, 4) is 5.75 Å². The number of carbonyl (C=O) groups excluding carboxylic acids is 1. The summed E-state index contributed by atoms with van der Waals surface area (Å²) in [7, 11) is -4.33. The fraction of sp³-hybridized carbons (Fsp3) is 0. The molecule has 0 bridgehead atoms. The van der Waals surface area contributed by atoms with E-state index in [1.54, 1.807) is 0 Å². The van der Waals surface area contributed by atoms with Crippen molar-refractivity contribution in [2.24, 2.45) is 5.10 Å². The zero-order chi connectivity index (χ0) is 24.9. The van der Waals surface area contributed by atoms with Crippen LogP contribution in [-0.2, 0) is 10.1 Å². The molecule has 0 radical (unpaired) electrons. The average molecular weight is 549 g/mol. The lowest BCUT2D eigenvalue weighted by Gasteiger charge is -2.10. The Bertz CT molecular complexity index is 1390. The van der Waals surface area contributed by atoms with E-state index < -0.39 is 25.9 Å². The summed E-state index contributed by atoms with van der Waals surface area (Å²) in [4.78, 5) is 32.1. The van der Waals surface area contributed by atoms with Crippen molar-refractivity contribution in [1.82, 2.24) is 5.43 Å². The molecule has 14 heteroatoms. The highest BCUT2D eigenvalue weighted by Crippen LogP contribution is 2.26. The van der Waals surface area contributed by atoms with Gasteiger partial charge in [0.05, 0.1) is 16.1 Å². The van der Waals surface area contributed by atoms with E-state index in [2.05, 4.69) is 26.5 Å². The summed E-state index contributed by atoms with van der Waals surface area (Å²) >= 11 is 3.25. The fourth-order valence-electron chi connectivity index (χ4n) is 2.56. The predicted octanol–water partition coefficient (Wildman–Crippen LogP) is 3.80. The Kier molecular flexibility index (Phi) is 7.33. The van der Waals surface area contributed by atoms with Crippen molar-refractivity contribution in [1.29, 1.82) is 0 Å². The van der Waals surface area contributed by atoms with Crippen LogP contribution in [0.2, 0.25) is 0 Å². The van der Waals surface area contributed by atoms with Crippen LogP contribution in [0.4, 0.5) is 11.4 Å². The van der Waals surface area contributed by atoms with Gasteiger partial charge in [0.2, 0.25) is 0 Å². The first-order chi connectivity index (χ1) is 16.1. The highest BCUT2D eigenvalue weighted by atomic mass is 79.9. The third kappa shape index (κ3) is 5.99. The van der Waals surface area contributed by atoms with E-state index in [1.807, 2.05) is 0 Å². The maximum atomic E-state index is 12.6. The second-order valence-corrected chi connectivity index (χ2v) is 8.94. The van der Waals surface area contributed by atoms with Gasteiger partial charge in [-0.25, -0.2) is 5.43 Å². The standard InChI is InChI=1S/C20H13BrN4O8S/c21-15-3-10-19(33-34(31,32)18-8-6-17(7-9-18)25(29)30)14(11-15)12-22-23-20(26)13-1-4-16(5-2-13)24(27)28/h1-12H,(H,23,26)/b22-12-. The first kappa shape index (κ1) is 24.5. The number of hydrazone groups is 1. The molecule has 0 aromatic heterocycles. The summed E-state index contributed by atoms with van der Waals surface area (Å²) in [6.07, 6.45) is 1.15. The minimum Gasteiger partial charge on any atom is -0.378 e. The second kappa shape index (κ2) is 10.2. The summed E-state index contributed by atoms with van der Waals surface area (Å²) in [5, 5.41) is 25.2. The van der Waals surface area contributed by atoms with Crippen molar-refractivity contribution in [2.75, 3.05) is 0 Å². The predicted molar refractivity (Wildman–Crippen MR) is 123 cm³/mol. The maximum Gasteiger partial charge on any atom is 0.339 e. The van der Waals surface area contributed by atoms with E-state index in [0.717, 1.165) is 30.5 Å². The number of non-ortho nitro benzene ring substituents is 2. The lowest BCUT2D eigenvalue weighted by atomic mass is 10.2. The SMILES string of the molecule is O=C(N/N=C\c1cc(Br)ccc1OS(=O)(=O)c1ccc([N+](=O)[O-])cc1)c1ccc([N+](=O)[O-])cc1. The van der Waals surface area contributed by atoms with E-state index in [0.29, 0.717) is 4.47 Å². The van der Waals surface area contributed by atoms with Gasteiger partial charge in [0.25, 0.3) is 17.3 Å². The summed E-state index contributed by atoms with van der Waals surface area (Å²) in [5.41, 5.74) is 2.08. The first-order valence-corrected chi connectivity index (χ1v) is 11.3. The van der Waals surface area contributed by atoms with Gasteiger partial charge in [-0.15, -0.1) is 0 Å². The summed E-state index contributed by atoms with van der Waals surface area (Å²) < 4.78 is 30.9. The van der Waals surface area contributed by atoms with Gasteiger partial charge < -0.3 is 4.18 Å². The summed E-state index contributed by atoms with van der Waals surface area (Å²) in [5.74, 6) is -0.767. The van der Waals surface area contributed by atoms with E-state index >= 15 is 0 Å². The Morgan fingerprint density at radius 1 is 0.941 bits per heavy atom. The van der Waals surface area contributed by atoms with Crippen molar-refractivity contribution in [3.05, 3.63) is 103 Å². The van der Waals surface area contributed by atoms with Crippen LogP contribution < -0.4 is 9.61 Å². The van der Waals surface area contributed by atoms with Gasteiger partial charge >= 0.3 is 10.1 Å². The molecule has 1 N–H and O–H groups in total. The van der Waals surface area contributed by atoms with Crippen molar-refractivity contribution >= 4 is 49.5 Å². The molecule has 12 nitrogen and oxygen atoms in total. The average Bonchev–Trinajstić information content (AvgIpc) is 2.80. The van der Waals surface area contributed by atoms with E-state index in [1.165, 1.54) is 42.5 Å². The molecule has 174 valence electrons. The van der Waals surface area contributed by atoms with E-state index in [4.69, 9.17) is 4.18 Å². The number of carbonyl (C=O) groups is 1. The van der Waals surface area contributed by atoms with Crippen LogP contribution >= 0.6 is 15.9 Å². The first-order valence-electron chi connectivity index (χ1n) is 9.13. The second-order valence-electron chi connectivity index (χ2n) is 6.47. The number of hydrogen-bond acceptors (Lipinski definition) is 9. The molecule has 0 spiro atoms. The Labute approximate surface area is 200 Å². The number of nitro benzene ring substituents is 2. The monoisotopic (exact) mass is 548 g/mol. The lowest BCUT2D eigenvalue weighted by molar-refractivity contribution is -0.385. The zero-order valence-corrected chi connectivity index (χ0v) is 19.2. The number of amides is 1. The number of halogens is 1. The molecule has 0 saturated heterocycles. The molecule has 0 fully saturated rings. The number of nitro groups is 2. The Morgan fingerprint density at radius 3 is 2.06 bits per heavy atom. The maximum absolute atomic E-state index is 12.6. The fourth-order valence-corrected chi connectivity index (χ4v) is 3.89. The number of benzene rings is 3. The summed E-state index contributed by atoms with van der Waals surface area (Å²) in [6.45, 7) is 0. The Hall–Kier alpha value is -4.17. The van der Waals surface area contributed by atoms with Crippen LogP contribution in [0.1, 0.15) is 15.9 Å². The molecular formula is C20H13BrN4O8S. The third-order valence-electron chi connectivity index (χ3n) is 4.22. The van der Waals surface area contributed by atoms with Gasteiger partial charge in [-0.2, -0.15) is 13.5 Å². The molecule has 0 aliphatic carbocycles. The number of hydrogen-bond donors (Lipinski definition) is 1. The Balaban J connectivity index is 1.77. The molecule has 0 atom stereocenters. The van der Waals surface area contributed by atoms with Gasteiger partial charge in [0, 0.05) is 39.9 Å². The summed E-state index contributed by atoms with van der Waals surface area (Å²) in [6, 6.07) is 13.4. The molecule has 3 aromatic carbocycles. The highest BCUT2D eigenvalue weighted by Gasteiger charge is 2.20. The molecule has 0 aliphatic heterocycles. The molecule has 3 rings (SSSR count). The van der Waals surface area contributed by atoms with Gasteiger partial charge in [-0.1, -0.05) is 15.9 Å². The molecular weight excluding hydrogens is 536 g/mol. The normalized spacial score (nSPS) is 11.2. The minimum absolute atomic E-state index is 0.116. The molecule has 0 heterocycles. The topological polar surface area (TPSA) is 171 Å². The molecule has 1 amide bonds. The van der Waals surface area contributed by atoms with E-state index in [-0.39, 0.29) is 33.1 Å². The minimum atomic E-state index is -4.33. The van der Waals surface area contributed by atoms with Crippen molar-refractivity contribution in [3.63, 3.8) is 0 Å². The van der Waals surface area contributed by atoms with Crippen LogP contribution in [0.5, 0.6) is 5.75 Å². The van der Waals surface area contributed by atoms with Gasteiger partial charge in [-0.05, 0) is 42.5 Å². The van der Waals surface area contributed by atoms with Gasteiger partial charge in [0.15, 0.2) is 5.75 Å². The van der Waals surface area contributed by atoms with Crippen LogP contribution in [0.25, 0.3) is 0 Å².